The lowest BCUT2D eigenvalue weighted by Crippen LogP contribution is -2.31. The highest BCUT2D eigenvalue weighted by molar-refractivity contribution is 6.03. The molecule has 0 saturated carbocycles. The molecule has 0 unspecified atom stereocenters. The van der Waals surface area contributed by atoms with E-state index in [0.29, 0.717) is 17.7 Å². The van der Waals surface area contributed by atoms with Gasteiger partial charge in [-0.2, -0.15) is 5.10 Å². The first-order valence-corrected chi connectivity index (χ1v) is 9.19. The van der Waals surface area contributed by atoms with Crippen LogP contribution in [0.25, 0.3) is 0 Å². The topological polar surface area (TPSA) is 85.0 Å². The standard InChI is InChI=1S/C22H19N3O4/c1-15-4-6-16(7-5-15)18-13-19(20-3-2-12-28-20)25(24-18)21(26)14-29-22(27)17-8-10-23-11-9-17/h2-12,19H,13-14H2,1H3/t19-/m1/s1. The van der Waals surface area contributed by atoms with Crippen molar-refractivity contribution in [3.63, 3.8) is 0 Å². The fourth-order valence-corrected chi connectivity index (χ4v) is 3.13. The van der Waals surface area contributed by atoms with Gasteiger partial charge in [-0.15, -0.1) is 0 Å². The Bertz CT molecular complexity index is 1030. The second-order valence-corrected chi connectivity index (χ2v) is 6.70. The summed E-state index contributed by atoms with van der Waals surface area (Å²) < 4.78 is 10.7. The zero-order valence-electron chi connectivity index (χ0n) is 15.8. The summed E-state index contributed by atoms with van der Waals surface area (Å²) in [6.07, 6.45) is 5.06. The molecule has 0 saturated heterocycles. The summed E-state index contributed by atoms with van der Waals surface area (Å²) in [5.74, 6) is -0.377. The van der Waals surface area contributed by atoms with Crippen LogP contribution in [-0.4, -0.2) is 34.2 Å². The molecule has 1 atom stereocenters. The molecular formula is C22H19N3O4. The number of benzene rings is 1. The number of amides is 1. The van der Waals surface area contributed by atoms with E-state index in [1.54, 1.807) is 12.3 Å². The molecule has 146 valence electrons. The molecule has 3 heterocycles. The summed E-state index contributed by atoms with van der Waals surface area (Å²) in [5.41, 5.74) is 3.20. The number of pyridine rings is 1. The maximum absolute atomic E-state index is 12.8. The largest absolute Gasteiger partial charge is 0.467 e. The Morgan fingerprint density at radius 1 is 1.14 bits per heavy atom. The third kappa shape index (κ3) is 4.08. The minimum atomic E-state index is -0.586. The van der Waals surface area contributed by atoms with Gasteiger partial charge in [-0.25, -0.2) is 9.80 Å². The molecule has 0 fully saturated rings. The van der Waals surface area contributed by atoms with Crippen molar-refractivity contribution in [3.05, 3.63) is 89.6 Å². The molecule has 0 bridgehead atoms. The Labute approximate surface area is 167 Å². The predicted octanol–water partition coefficient (Wildman–Crippen LogP) is 3.52. The Balaban J connectivity index is 1.52. The van der Waals surface area contributed by atoms with E-state index in [1.165, 1.54) is 29.5 Å². The number of nitrogens with zero attached hydrogens (tertiary/aromatic N) is 3. The van der Waals surface area contributed by atoms with Crippen molar-refractivity contribution in [2.45, 2.75) is 19.4 Å². The van der Waals surface area contributed by atoms with Gasteiger partial charge in [0.25, 0.3) is 5.91 Å². The van der Waals surface area contributed by atoms with Crippen LogP contribution in [0.5, 0.6) is 0 Å². The highest BCUT2D eigenvalue weighted by atomic mass is 16.5. The van der Waals surface area contributed by atoms with Crippen LogP contribution in [0, 0.1) is 6.92 Å². The normalized spacial score (nSPS) is 15.8. The maximum Gasteiger partial charge on any atom is 0.338 e. The number of esters is 1. The summed E-state index contributed by atoms with van der Waals surface area (Å²) in [6.45, 7) is 1.60. The molecular weight excluding hydrogens is 370 g/mol. The summed E-state index contributed by atoms with van der Waals surface area (Å²) in [5, 5.41) is 5.86. The van der Waals surface area contributed by atoms with Gasteiger partial charge in [0.05, 0.1) is 17.5 Å². The zero-order valence-corrected chi connectivity index (χ0v) is 15.8. The maximum atomic E-state index is 12.8. The van der Waals surface area contributed by atoms with E-state index in [2.05, 4.69) is 10.1 Å². The number of carbonyl (C=O) groups excluding carboxylic acids is 2. The van der Waals surface area contributed by atoms with E-state index >= 15 is 0 Å². The molecule has 0 spiro atoms. The van der Waals surface area contributed by atoms with Crippen LogP contribution in [0.4, 0.5) is 0 Å². The summed E-state index contributed by atoms with van der Waals surface area (Å²) >= 11 is 0. The van der Waals surface area contributed by atoms with Gasteiger partial charge in [-0.1, -0.05) is 29.8 Å². The minimum Gasteiger partial charge on any atom is -0.467 e. The first kappa shape index (κ1) is 18.6. The summed E-state index contributed by atoms with van der Waals surface area (Å²) in [4.78, 5) is 28.8. The number of hydrazone groups is 1. The molecule has 29 heavy (non-hydrogen) atoms. The number of ether oxygens (including phenoxy) is 1. The van der Waals surface area contributed by atoms with Gasteiger partial charge < -0.3 is 9.15 Å². The first-order chi connectivity index (χ1) is 14.1. The molecule has 0 aliphatic carbocycles. The van der Waals surface area contributed by atoms with Crippen molar-refractivity contribution >= 4 is 17.6 Å². The van der Waals surface area contributed by atoms with Crippen LogP contribution in [0.1, 0.15) is 39.7 Å². The number of hydrogen-bond acceptors (Lipinski definition) is 6. The Morgan fingerprint density at radius 3 is 2.59 bits per heavy atom. The average molecular weight is 389 g/mol. The molecule has 0 radical (unpaired) electrons. The van der Waals surface area contributed by atoms with E-state index in [-0.39, 0.29) is 6.04 Å². The first-order valence-electron chi connectivity index (χ1n) is 9.19. The molecule has 1 aliphatic heterocycles. The summed E-state index contributed by atoms with van der Waals surface area (Å²) in [7, 11) is 0. The predicted molar refractivity (Wildman–Crippen MR) is 105 cm³/mol. The molecule has 7 nitrogen and oxygen atoms in total. The molecule has 7 heteroatoms. The number of hydrogen-bond donors (Lipinski definition) is 0. The third-order valence-corrected chi connectivity index (χ3v) is 4.67. The van der Waals surface area contributed by atoms with Gasteiger partial charge in [0.2, 0.25) is 0 Å². The monoisotopic (exact) mass is 389 g/mol. The minimum absolute atomic E-state index is 0.334. The van der Waals surface area contributed by atoms with E-state index in [9.17, 15) is 9.59 Å². The Kier molecular flexibility index (Phi) is 5.20. The van der Waals surface area contributed by atoms with Crippen LogP contribution in [-0.2, 0) is 9.53 Å². The van der Waals surface area contributed by atoms with Gasteiger partial charge in [-0.3, -0.25) is 9.78 Å². The van der Waals surface area contributed by atoms with Crippen LogP contribution >= 0.6 is 0 Å². The lowest BCUT2D eigenvalue weighted by atomic mass is 10.0. The molecule has 2 aromatic heterocycles. The van der Waals surface area contributed by atoms with Crippen LogP contribution < -0.4 is 0 Å². The van der Waals surface area contributed by atoms with Crippen molar-refractivity contribution < 1.29 is 18.7 Å². The second kappa shape index (κ2) is 8.10. The number of carbonyl (C=O) groups is 2. The second-order valence-electron chi connectivity index (χ2n) is 6.70. The summed E-state index contributed by atoms with van der Waals surface area (Å²) in [6, 6.07) is 14.2. The van der Waals surface area contributed by atoms with Crippen LogP contribution in [0.3, 0.4) is 0 Å². The number of aromatic nitrogens is 1. The van der Waals surface area contributed by atoms with Crippen molar-refractivity contribution in [1.82, 2.24) is 9.99 Å². The Hall–Kier alpha value is -3.74. The Morgan fingerprint density at radius 2 is 1.90 bits per heavy atom. The molecule has 1 aliphatic rings. The van der Waals surface area contributed by atoms with E-state index in [1.807, 2.05) is 37.3 Å². The van der Waals surface area contributed by atoms with Gasteiger partial charge in [0.15, 0.2) is 6.61 Å². The molecule has 1 aromatic carbocycles. The van der Waals surface area contributed by atoms with Gasteiger partial charge in [-0.05, 0) is 36.8 Å². The fourth-order valence-electron chi connectivity index (χ4n) is 3.13. The number of rotatable bonds is 5. The van der Waals surface area contributed by atoms with E-state index < -0.39 is 18.5 Å². The number of furan rings is 1. The molecule has 0 N–H and O–H groups in total. The van der Waals surface area contributed by atoms with Crippen LogP contribution in [0.15, 0.2) is 76.7 Å². The number of aryl methyl sites for hydroxylation is 1. The highest BCUT2D eigenvalue weighted by Crippen LogP contribution is 2.33. The third-order valence-electron chi connectivity index (χ3n) is 4.67. The quantitative estimate of drug-likeness (QED) is 0.624. The SMILES string of the molecule is Cc1ccc(C2=NN(C(=O)COC(=O)c3ccncc3)[C@@H](c3ccco3)C2)cc1. The van der Waals surface area contributed by atoms with Crippen molar-refractivity contribution in [2.24, 2.45) is 5.10 Å². The van der Waals surface area contributed by atoms with Crippen LogP contribution in [0.2, 0.25) is 0 Å². The van der Waals surface area contributed by atoms with Gasteiger partial charge in [0, 0.05) is 18.8 Å². The van der Waals surface area contributed by atoms with Gasteiger partial charge >= 0.3 is 5.97 Å². The van der Waals surface area contributed by atoms with Crippen molar-refractivity contribution in [1.29, 1.82) is 0 Å². The van der Waals surface area contributed by atoms with Crippen molar-refractivity contribution in [3.8, 4) is 0 Å². The zero-order chi connectivity index (χ0) is 20.2. The highest BCUT2D eigenvalue weighted by Gasteiger charge is 2.35. The van der Waals surface area contributed by atoms with E-state index in [0.717, 1.165) is 16.8 Å². The van der Waals surface area contributed by atoms with Crippen molar-refractivity contribution in [2.75, 3.05) is 6.61 Å². The lowest BCUT2D eigenvalue weighted by Gasteiger charge is -2.19. The lowest BCUT2D eigenvalue weighted by molar-refractivity contribution is -0.136. The van der Waals surface area contributed by atoms with E-state index in [4.69, 9.17) is 9.15 Å². The molecule has 3 aromatic rings. The average Bonchev–Trinajstić information content (AvgIpc) is 3.43. The molecule has 1 amide bonds. The van der Waals surface area contributed by atoms with Gasteiger partial charge in [0.1, 0.15) is 11.8 Å². The fraction of sp³-hybridized carbons (Fsp3) is 0.182. The smallest absolute Gasteiger partial charge is 0.338 e. The molecule has 4 rings (SSSR count).